The number of ketones is 1. The number of nitrogens with zero attached hydrogens (tertiary/aromatic N) is 2. The van der Waals surface area contributed by atoms with E-state index in [9.17, 15) is 19.7 Å². The molecule has 1 heterocycles. The molecule has 2 aromatic rings. The lowest BCUT2D eigenvalue weighted by molar-refractivity contribution is -0.384. The molecular formula is C20H21N3O4. The minimum absolute atomic E-state index is 0.131. The summed E-state index contributed by atoms with van der Waals surface area (Å²) in [5.74, 6) is -0.0810. The van der Waals surface area contributed by atoms with E-state index in [2.05, 4.69) is 5.32 Å². The van der Waals surface area contributed by atoms with Crippen LogP contribution in [0.25, 0.3) is 0 Å². The summed E-state index contributed by atoms with van der Waals surface area (Å²) in [7, 11) is 0. The molecule has 27 heavy (non-hydrogen) atoms. The van der Waals surface area contributed by atoms with Crippen LogP contribution in [0, 0.1) is 10.1 Å². The van der Waals surface area contributed by atoms with Gasteiger partial charge in [0.15, 0.2) is 5.78 Å². The molecule has 0 aromatic heterocycles. The van der Waals surface area contributed by atoms with Crippen molar-refractivity contribution in [1.82, 2.24) is 4.90 Å². The number of anilines is 1. The summed E-state index contributed by atoms with van der Waals surface area (Å²) in [6.07, 6.45) is 2.21. The third-order valence-corrected chi connectivity index (χ3v) is 4.58. The van der Waals surface area contributed by atoms with Crippen LogP contribution in [0.3, 0.4) is 0 Å². The van der Waals surface area contributed by atoms with E-state index in [4.69, 9.17) is 0 Å². The number of carbonyl (C=O) groups excluding carboxylic acids is 2. The molecule has 1 fully saturated rings. The van der Waals surface area contributed by atoms with Crippen molar-refractivity contribution in [3.63, 3.8) is 0 Å². The van der Waals surface area contributed by atoms with Gasteiger partial charge in [0.1, 0.15) is 5.69 Å². The quantitative estimate of drug-likeness (QED) is 0.335. The number of benzene rings is 2. The first-order valence-electron chi connectivity index (χ1n) is 8.96. The lowest BCUT2D eigenvalue weighted by atomic mass is 10.0. The van der Waals surface area contributed by atoms with Crippen LogP contribution in [0.4, 0.5) is 11.4 Å². The maximum atomic E-state index is 12.5. The van der Waals surface area contributed by atoms with Crippen molar-refractivity contribution in [3.8, 4) is 0 Å². The summed E-state index contributed by atoms with van der Waals surface area (Å²) < 4.78 is 0. The summed E-state index contributed by atoms with van der Waals surface area (Å²) >= 11 is 0. The van der Waals surface area contributed by atoms with Crippen molar-refractivity contribution in [2.75, 3.05) is 25.0 Å². The minimum Gasteiger partial charge on any atom is -0.379 e. The lowest BCUT2D eigenvalue weighted by Crippen LogP contribution is -2.27. The van der Waals surface area contributed by atoms with E-state index in [1.807, 2.05) is 11.0 Å². The van der Waals surface area contributed by atoms with Crippen LogP contribution in [0.15, 0.2) is 48.5 Å². The molecule has 0 bridgehead atoms. The second-order valence-corrected chi connectivity index (χ2v) is 6.45. The highest BCUT2D eigenvalue weighted by molar-refractivity contribution is 6.09. The van der Waals surface area contributed by atoms with Gasteiger partial charge in [0, 0.05) is 43.2 Å². The highest BCUT2D eigenvalue weighted by Gasteiger charge is 2.20. The first-order valence-corrected chi connectivity index (χ1v) is 8.96. The van der Waals surface area contributed by atoms with Gasteiger partial charge in [-0.3, -0.25) is 19.7 Å². The molecule has 0 radical (unpaired) electrons. The Hall–Kier alpha value is -3.22. The largest absolute Gasteiger partial charge is 0.379 e. The molecule has 0 spiro atoms. The number of nitro groups is 1. The van der Waals surface area contributed by atoms with E-state index in [1.165, 1.54) is 6.07 Å². The Kier molecular flexibility index (Phi) is 5.80. The first-order chi connectivity index (χ1) is 13.1. The van der Waals surface area contributed by atoms with Crippen LogP contribution in [0.2, 0.25) is 0 Å². The summed E-state index contributed by atoms with van der Waals surface area (Å²) in [6, 6.07) is 13.1. The second-order valence-electron chi connectivity index (χ2n) is 6.45. The minimum atomic E-state index is -0.492. The van der Waals surface area contributed by atoms with Crippen LogP contribution in [0.5, 0.6) is 0 Å². The van der Waals surface area contributed by atoms with E-state index in [1.54, 1.807) is 36.4 Å². The second kappa shape index (κ2) is 8.44. The molecule has 0 atom stereocenters. The van der Waals surface area contributed by atoms with Gasteiger partial charge in [0.2, 0.25) is 5.91 Å². The average molecular weight is 367 g/mol. The summed E-state index contributed by atoms with van der Waals surface area (Å²) in [5.41, 5.74) is 1.01. The predicted molar refractivity (Wildman–Crippen MR) is 102 cm³/mol. The van der Waals surface area contributed by atoms with Crippen molar-refractivity contribution in [1.29, 1.82) is 0 Å². The Morgan fingerprint density at radius 1 is 1.15 bits per heavy atom. The molecule has 0 saturated carbocycles. The Balaban J connectivity index is 1.66. The number of hydrogen-bond donors (Lipinski definition) is 1. The molecule has 1 aliphatic heterocycles. The molecule has 1 N–H and O–H groups in total. The van der Waals surface area contributed by atoms with Gasteiger partial charge in [-0.1, -0.05) is 30.3 Å². The van der Waals surface area contributed by atoms with Gasteiger partial charge >= 0.3 is 0 Å². The van der Waals surface area contributed by atoms with Gasteiger partial charge in [-0.2, -0.15) is 0 Å². The summed E-state index contributed by atoms with van der Waals surface area (Å²) in [5, 5.41) is 14.5. The van der Waals surface area contributed by atoms with E-state index in [0.717, 1.165) is 13.0 Å². The molecule has 0 aliphatic carbocycles. The van der Waals surface area contributed by atoms with Crippen molar-refractivity contribution < 1.29 is 14.5 Å². The van der Waals surface area contributed by atoms with Gasteiger partial charge in [0.25, 0.3) is 5.69 Å². The molecule has 1 saturated heterocycles. The smallest absolute Gasteiger partial charge is 0.293 e. The summed E-state index contributed by atoms with van der Waals surface area (Å²) in [6.45, 7) is 1.94. The highest BCUT2D eigenvalue weighted by atomic mass is 16.6. The topological polar surface area (TPSA) is 92.6 Å². The van der Waals surface area contributed by atoms with Crippen molar-refractivity contribution >= 4 is 23.1 Å². The van der Waals surface area contributed by atoms with Crippen LogP contribution in [-0.4, -0.2) is 41.1 Å². The van der Waals surface area contributed by atoms with Gasteiger partial charge in [-0.15, -0.1) is 0 Å². The van der Waals surface area contributed by atoms with Gasteiger partial charge in [-0.05, 0) is 25.0 Å². The van der Waals surface area contributed by atoms with Gasteiger partial charge in [0.05, 0.1) is 4.92 Å². The van der Waals surface area contributed by atoms with E-state index < -0.39 is 4.92 Å². The van der Waals surface area contributed by atoms with E-state index in [-0.39, 0.29) is 22.9 Å². The molecular weight excluding hydrogens is 346 g/mol. The summed E-state index contributed by atoms with van der Waals surface area (Å²) in [4.78, 5) is 36.8. The Morgan fingerprint density at radius 3 is 2.59 bits per heavy atom. The van der Waals surface area contributed by atoms with Crippen molar-refractivity contribution in [2.45, 2.75) is 19.3 Å². The molecule has 0 unspecified atom stereocenters. The predicted octanol–water partition coefficient (Wildman–Crippen LogP) is 3.25. The van der Waals surface area contributed by atoms with Gasteiger partial charge < -0.3 is 10.2 Å². The molecule has 7 heteroatoms. The number of carbonyl (C=O) groups is 2. The monoisotopic (exact) mass is 367 g/mol. The standard InChI is InChI=1S/C20H21N3O4/c24-19-8-4-12-22(19)13-5-11-21-17-10-9-16(14-18(17)23(26)27)20(25)15-6-2-1-3-7-15/h1-3,6-7,9-10,14,21H,4-5,8,11-13H2. The van der Waals surface area contributed by atoms with Crippen LogP contribution < -0.4 is 5.32 Å². The Morgan fingerprint density at radius 2 is 1.93 bits per heavy atom. The zero-order chi connectivity index (χ0) is 19.2. The number of amides is 1. The zero-order valence-electron chi connectivity index (χ0n) is 14.9. The Bertz CT molecular complexity index is 852. The zero-order valence-corrected chi connectivity index (χ0v) is 14.9. The third-order valence-electron chi connectivity index (χ3n) is 4.58. The molecule has 2 aromatic carbocycles. The average Bonchev–Trinajstić information content (AvgIpc) is 3.10. The Labute approximate surface area is 157 Å². The lowest BCUT2D eigenvalue weighted by Gasteiger charge is -2.15. The maximum absolute atomic E-state index is 12.5. The third kappa shape index (κ3) is 4.49. The number of likely N-dealkylation sites (tertiary alicyclic amines) is 1. The van der Waals surface area contributed by atoms with Crippen molar-refractivity contribution in [3.05, 3.63) is 69.8 Å². The molecule has 1 amide bonds. The number of nitrogens with one attached hydrogen (secondary N) is 1. The van der Waals surface area contributed by atoms with E-state index >= 15 is 0 Å². The molecule has 3 rings (SSSR count). The fourth-order valence-electron chi connectivity index (χ4n) is 3.16. The molecule has 140 valence electrons. The normalized spacial score (nSPS) is 13.6. The van der Waals surface area contributed by atoms with Crippen molar-refractivity contribution in [2.24, 2.45) is 0 Å². The van der Waals surface area contributed by atoms with Crippen LogP contribution in [-0.2, 0) is 4.79 Å². The number of nitro benzene ring substituents is 1. The molecule has 7 nitrogen and oxygen atoms in total. The maximum Gasteiger partial charge on any atom is 0.293 e. The number of hydrogen-bond acceptors (Lipinski definition) is 5. The SMILES string of the molecule is O=C(c1ccccc1)c1ccc(NCCCN2CCCC2=O)c([N+](=O)[O-])c1. The highest BCUT2D eigenvalue weighted by Crippen LogP contribution is 2.26. The van der Waals surface area contributed by atoms with Crippen LogP contribution >= 0.6 is 0 Å². The first kappa shape index (κ1) is 18.6. The molecule has 1 aliphatic rings. The number of rotatable bonds is 8. The fourth-order valence-corrected chi connectivity index (χ4v) is 3.16. The van der Waals surface area contributed by atoms with Gasteiger partial charge in [-0.25, -0.2) is 0 Å². The fraction of sp³-hybridized carbons (Fsp3) is 0.300. The van der Waals surface area contributed by atoms with Crippen LogP contribution in [0.1, 0.15) is 35.2 Å². The van der Waals surface area contributed by atoms with E-state index in [0.29, 0.717) is 37.2 Å².